The average Bonchev–Trinajstić information content (AvgIpc) is 3.12. The summed E-state index contributed by atoms with van der Waals surface area (Å²) in [5.41, 5.74) is 1.59. The fraction of sp³-hybridized carbons (Fsp3) is 0.235. The third kappa shape index (κ3) is 4.48. The van der Waals surface area contributed by atoms with E-state index in [2.05, 4.69) is 31.4 Å². The molecule has 0 aliphatic rings. The molecule has 0 saturated carbocycles. The first-order valence-corrected chi connectivity index (χ1v) is 9.86. The summed E-state index contributed by atoms with van der Waals surface area (Å²) in [6.07, 6.45) is 3.28. The second-order valence-electron chi connectivity index (χ2n) is 5.95. The summed E-state index contributed by atoms with van der Waals surface area (Å²) in [5.74, 6) is 0.154. The molecule has 6 nitrogen and oxygen atoms in total. The van der Waals surface area contributed by atoms with Gasteiger partial charge in [-0.2, -0.15) is 10.2 Å². The van der Waals surface area contributed by atoms with Crippen LogP contribution in [0.15, 0.2) is 35.1 Å². The number of carbonyl (C=O) groups is 1. The Labute approximate surface area is 179 Å². The number of carbonyl (C=O) groups excluding carboxylic acids is 1. The van der Waals surface area contributed by atoms with Gasteiger partial charge in [0.2, 0.25) is 5.91 Å². The van der Waals surface area contributed by atoms with Gasteiger partial charge in [-0.15, -0.1) is 0 Å². The molecule has 142 valence electrons. The summed E-state index contributed by atoms with van der Waals surface area (Å²) >= 11 is 21.6. The van der Waals surface area contributed by atoms with E-state index in [9.17, 15) is 4.79 Å². The van der Waals surface area contributed by atoms with Crippen LogP contribution in [0.25, 0.3) is 0 Å². The van der Waals surface area contributed by atoms with Crippen LogP contribution in [0.5, 0.6) is 0 Å². The molecule has 1 N–H and O–H groups in total. The van der Waals surface area contributed by atoms with Gasteiger partial charge < -0.3 is 5.32 Å². The molecule has 0 aliphatic heterocycles. The van der Waals surface area contributed by atoms with Crippen molar-refractivity contribution in [2.45, 2.75) is 26.4 Å². The summed E-state index contributed by atoms with van der Waals surface area (Å²) in [6.45, 7) is 3.98. The highest BCUT2D eigenvalue weighted by Gasteiger charge is 2.21. The zero-order valence-electron chi connectivity index (χ0n) is 14.4. The largest absolute Gasteiger partial charge is 0.306 e. The predicted octanol–water partition coefficient (Wildman–Crippen LogP) is 5.36. The molecule has 1 aromatic carbocycles. The summed E-state index contributed by atoms with van der Waals surface area (Å²) in [4.78, 5) is 12.6. The molecular weight excluding hydrogens is 476 g/mol. The van der Waals surface area contributed by atoms with Crippen molar-refractivity contribution >= 4 is 62.5 Å². The number of halogens is 4. The van der Waals surface area contributed by atoms with E-state index >= 15 is 0 Å². The van der Waals surface area contributed by atoms with E-state index in [-0.39, 0.29) is 5.91 Å². The Morgan fingerprint density at radius 2 is 2.04 bits per heavy atom. The minimum Gasteiger partial charge on any atom is -0.306 e. The number of amides is 1. The van der Waals surface area contributed by atoms with Gasteiger partial charge in [-0.3, -0.25) is 14.2 Å². The normalized spacial score (nSPS) is 12.2. The molecule has 1 unspecified atom stereocenters. The van der Waals surface area contributed by atoms with Gasteiger partial charge in [-0.1, -0.05) is 40.9 Å². The fourth-order valence-corrected chi connectivity index (χ4v) is 3.53. The lowest BCUT2D eigenvalue weighted by Gasteiger charge is -2.13. The number of aromatic nitrogens is 4. The maximum Gasteiger partial charge on any atom is 0.250 e. The third-order valence-electron chi connectivity index (χ3n) is 4.04. The lowest BCUT2D eigenvalue weighted by molar-refractivity contribution is -0.119. The van der Waals surface area contributed by atoms with E-state index in [0.717, 1.165) is 11.3 Å². The van der Waals surface area contributed by atoms with Crippen LogP contribution in [-0.2, 0) is 11.3 Å². The lowest BCUT2D eigenvalue weighted by atomic mass is 10.2. The molecule has 2 aromatic heterocycles. The molecule has 0 saturated heterocycles. The van der Waals surface area contributed by atoms with E-state index in [1.807, 2.05) is 6.07 Å². The van der Waals surface area contributed by atoms with Crippen LogP contribution < -0.4 is 5.32 Å². The van der Waals surface area contributed by atoms with Gasteiger partial charge in [0.15, 0.2) is 5.82 Å². The van der Waals surface area contributed by atoms with E-state index in [0.29, 0.717) is 31.9 Å². The van der Waals surface area contributed by atoms with Gasteiger partial charge in [0.05, 0.1) is 27.9 Å². The van der Waals surface area contributed by atoms with E-state index < -0.39 is 6.04 Å². The number of nitrogens with one attached hydrogen (secondary N) is 1. The fourth-order valence-electron chi connectivity index (χ4n) is 2.51. The van der Waals surface area contributed by atoms with Crippen molar-refractivity contribution in [3.63, 3.8) is 0 Å². The first kappa shape index (κ1) is 20.2. The number of anilines is 1. The second-order valence-corrected chi connectivity index (χ2v) is 8.05. The first-order chi connectivity index (χ1) is 12.8. The van der Waals surface area contributed by atoms with Gasteiger partial charge in [0, 0.05) is 16.2 Å². The first-order valence-electron chi connectivity index (χ1n) is 7.93. The SMILES string of the molecule is Cc1c(Cl)cnn1C(C)C(=O)Nc1nn(Cc2ccc(Cl)cc2Cl)cc1Br. The Morgan fingerprint density at radius 3 is 2.67 bits per heavy atom. The quantitative estimate of drug-likeness (QED) is 0.523. The predicted molar refractivity (Wildman–Crippen MR) is 111 cm³/mol. The maximum absolute atomic E-state index is 12.6. The van der Waals surface area contributed by atoms with Crippen LogP contribution in [0.1, 0.15) is 24.2 Å². The van der Waals surface area contributed by atoms with Crippen LogP contribution >= 0.6 is 50.7 Å². The number of hydrogen-bond donors (Lipinski definition) is 1. The minimum absolute atomic E-state index is 0.256. The van der Waals surface area contributed by atoms with Crippen molar-refractivity contribution in [3.8, 4) is 0 Å². The zero-order valence-corrected chi connectivity index (χ0v) is 18.2. The third-order valence-corrected chi connectivity index (χ3v) is 5.58. The Bertz CT molecular complexity index is 1000. The minimum atomic E-state index is -0.541. The maximum atomic E-state index is 12.6. The number of benzene rings is 1. The number of nitrogens with zero attached hydrogens (tertiary/aromatic N) is 4. The van der Waals surface area contributed by atoms with Gasteiger partial charge in [0.1, 0.15) is 6.04 Å². The molecule has 3 aromatic rings. The highest BCUT2D eigenvalue weighted by atomic mass is 79.9. The smallest absolute Gasteiger partial charge is 0.250 e. The van der Waals surface area contributed by atoms with Gasteiger partial charge in [0.25, 0.3) is 0 Å². The van der Waals surface area contributed by atoms with E-state index in [1.54, 1.807) is 41.5 Å². The molecule has 2 heterocycles. The number of hydrogen-bond acceptors (Lipinski definition) is 3. The van der Waals surface area contributed by atoms with Gasteiger partial charge >= 0.3 is 0 Å². The van der Waals surface area contributed by atoms with Crippen LogP contribution in [0.4, 0.5) is 5.82 Å². The standard InChI is InChI=1S/C17H15BrCl3N5O/c1-9-15(21)6-22-26(9)10(2)17(27)23-16-13(18)8-25(24-16)7-11-3-4-12(19)5-14(11)20/h3-6,8,10H,7H2,1-2H3,(H,23,24,27). The Morgan fingerprint density at radius 1 is 1.30 bits per heavy atom. The van der Waals surface area contributed by atoms with E-state index in [1.165, 1.54) is 6.20 Å². The molecule has 0 aliphatic carbocycles. The van der Waals surface area contributed by atoms with Crippen molar-refractivity contribution in [1.82, 2.24) is 19.6 Å². The highest BCUT2D eigenvalue weighted by molar-refractivity contribution is 9.10. The molecule has 3 rings (SSSR count). The summed E-state index contributed by atoms with van der Waals surface area (Å²) in [7, 11) is 0. The number of rotatable bonds is 5. The molecule has 27 heavy (non-hydrogen) atoms. The molecule has 10 heteroatoms. The topological polar surface area (TPSA) is 64.7 Å². The Hall–Kier alpha value is -1.54. The summed E-state index contributed by atoms with van der Waals surface area (Å²) in [5, 5.41) is 13.0. The molecule has 0 bridgehead atoms. The zero-order chi connectivity index (χ0) is 19.7. The highest BCUT2D eigenvalue weighted by Crippen LogP contribution is 2.25. The lowest BCUT2D eigenvalue weighted by Crippen LogP contribution is -2.25. The van der Waals surface area contributed by atoms with Crippen molar-refractivity contribution in [3.05, 3.63) is 61.4 Å². The second kappa shape index (κ2) is 8.22. The van der Waals surface area contributed by atoms with Crippen LogP contribution in [-0.4, -0.2) is 25.5 Å². The monoisotopic (exact) mass is 489 g/mol. The Kier molecular flexibility index (Phi) is 6.15. The summed E-state index contributed by atoms with van der Waals surface area (Å²) < 4.78 is 3.90. The molecule has 1 atom stereocenters. The molecule has 0 fully saturated rings. The van der Waals surface area contributed by atoms with Crippen molar-refractivity contribution in [2.75, 3.05) is 5.32 Å². The van der Waals surface area contributed by atoms with Crippen molar-refractivity contribution in [2.24, 2.45) is 0 Å². The average molecular weight is 492 g/mol. The van der Waals surface area contributed by atoms with Crippen LogP contribution in [0, 0.1) is 6.92 Å². The Balaban J connectivity index is 1.74. The molecule has 0 radical (unpaired) electrons. The van der Waals surface area contributed by atoms with Crippen LogP contribution in [0.2, 0.25) is 15.1 Å². The van der Waals surface area contributed by atoms with Crippen molar-refractivity contribution < 1.29 is 4.79 Å². The van der Waals surface area contributed by atoms with Gasteiger partial charge in [-0.25, -0.2) is 0 Å². The summed E-state index contributed by atoms with van der Waals surface area (Å²) in [6, 6.07) is 4.74. The molecule has 1 amide bonds. The van der Waals surface area contributed by atoms with Gasteiger partial charge in [-0.05, 0) is 47.5 Å². The van der Waals surface area contributed by atoms with Crippen LogP contribution in [0.3, 0.4) is 0 Å². The molecular formula is C17H15BrCl3N5O. The van der Waals surface area contributed by atoms with E-state index in [4.69, 9.17) is 34.8 Å². The molecule has 0 spiro atoms. The van der Waals surface area contributed by atoms with Crippen molar-refractivity contribution in [1.29, 1.82) is 0 Å².